The molecule has 2 N–H and O–H groups in total. The lowest BCUT2D eigenvalue weighted by Gasteiger charge is -2.23. The molecule has 1 aromatic carbocycles. The van der Waals surface area contributed by atoms with Crippen molar-refractivity contribution in [2.45, 2.75) is 70.8 Å². The maximum atomic E-state index is 12.3. The van der Waals surface area contributed by atoms with Gasteiger partial charge in [0.1, 0.15) is 5.60 Å². The number of carbonyl (C=O) groups is 2. The lowest BCUT2D eigenvalue weighted by molar-refractivity contribution is -0.169. The van der Waals surface area contributed by atoms with Gasteiger partial charge in [-0.3, -0.25) is 4.79 Å². The van der Waals surface area contributed by atoms with Crippen LogP contribution in [-0.4, -0.2) is 17.5 Å². The SMILES string of the molecule is CC(C)(C)OC(=O)C(Cc1ccc(C2CCCCC2)cc1)C(=O)ON. The van der Waals surface area contributed by atoms with Crippen molar-refractivity contribution < 1.29 is 19.2 Å². The zero-order valence-corrected chi connectivity index (χ0v) is 15.4. The third kappa shape index (κ3) is 5.85. The van der Waals surface area contributed by atoms with Gasteiger partial charge in [-0.05, 0) is 57.1 Å². The number of hydrogen-bond acceptors (Lipinski definition) is 5. The molecule has 138 valence electrons. The zero-order valence-electron chi connectivity index (χ0n) is 15.4. The first kappa shape index (κ1) is 19.4. The smallest absolute Gasteiger partial charge is 0.339 e. The minimum Gasteiger partial charge on any atom is -0.459 e. The van der Waals surface area contributed by atoms with Crippen molar-refractivity contribution in [3.63, 3.8) is 0 Å². The van der Waals surface area contributed by atoms with Gasteiger partial charge in [0.15, 0.2) is 5.92 Å². The molecule has 2 rings (SSSR count). The van der Waals surface area contributed by atoms with E-state index in [0.717, 1.165) is 5.56 Å². The predicted octanol–water partition coefficient (Wildman–Crippen LogP) is 3.65. The number of esters is 1. The van der Waals surface area contributed by atoms with E-state index in [-0.39, 0.29) is 6.42 Å². The molecule has 1 fully saturated rings. The van der Waals surface area contributed by atoms with E-state index in [1.165, 1.54) is 37.7 Å². The Morgan fingerprint density at radius 2 is 1.68 bits per heavy atom. The fourth-order valence-corrected chi connectivity index (χ4v) is 3.32. The highest BCUT2D eigenvalue weighted by Gasteiger charge is 2.32. The molecule has 0 aromatic heterocycles. The van der Waals surface area contributed by atoms with Gasteiger partial charge in [0.25, 0.3) is 0 Å². The number of nitrogens with two attached hydrogens (primary N) is 1. The molecule has 0 radical (unpaired) electrons. The Morgan fingerprint density at radius 3 is 2.20 bits per heavy atom. The van der Waals surface area contributed by atoms with E-state index in [0.29, 0.717) is 5.92 Å². The van der Waals surface area contributed by atoms with Crippen molar-refractivity contribution >= 4 is 11.9 Å². The van der Waals surface area contributed by atoms with Crippen LogP contribution in [0.25, 0.3) is 0 Å². The molecule has 5 heteroatoms. The molecule has 25 heavy (non-hydrogen) atoms. The quantitative estimate of drug-likeness (QED) is 0.500. The van der Waals surface area contributed by atoms with Crippen LogP contribution >= 0.6 is 0 Å². The maximum absolute atomic E-state index is 12.3. The Morgan fingerprint density at radius 1 is 1.08 bits per heavy atom. The first-order valence-electron chi connectivity index (χ1n) is 9.02. The van der Waals surface area contributed by atoms with E-state index in [9.17, 15) is 9.59 Å². The summed E-state index contributed by atoms with van der Waals surface area (Å²) in [6.45, 7) is 5.28. The summed E-state index contributed by atoms with van der Waals surface area (Å²) >= 11 is 0. The van der Waals surface area contributed by atoms with E-state index in [1.807, 2.05) is 12.1 Å². The molecule has 0 saturated heterocycles. The summed E-state index contributed by atoms with van der Waals surface area (Å²) in [5, 5.41) is 0. The molecule has 1 aliphatic carbocycles. The molecule has 1 saturated carbocycles. The Kier molecular flexibility index (Phi) is 6.59. The maximum Gasteiger partial charge on any atom is 0.339 e. The average Bonchev–Trinajstić information content (AvgIpc) is 2.58. The van der Waals surface area contributed by atoms with E-state index in [2.05, 4.69) is 17.0 Å². The average molecular weight is 347 g/mol. The van der Waals surface area contributed by atoms with Gasteiger partial charge in [0.05, 0.1) is 0 Å². The zero-order chi connectivity index (χ0) is 18.4. The van der Waals surface area contributed by atoms with Crippen LogP contribution in [-0.2, 0) is 25.6 Å². The lowest BCUT2D eigenvalue weighted by Crippen LogP contribution is -2.36. The molecule has 1 unspecified atom stereocenters. The van der Waals surface area contributed by atoms with Gasteiger partial charge < -0.3 is 9.57 Å². The van der Waals surface area contributed by atoms with Crippen LogP contribution in [0.2, 0.25) is 0 Å². The summed E-state index contributed by atoms with van der Waals surface area (Å²) in [6.07, 6.45) is 6.59. The van der Waals surface area contributed by atoms with Crippen LogP contribution in [0, 0.1) is 5.92 Å². The summed E-state index contributed by atoms with van der Waals surface area (Å²) in [5.74, 6) is 3.18. The highest BCUT2D eigenvalue weighted by atomic mass is 16.7. The van der Waals surface area contributed by atoms with E-state index in [1.54, 1.807) is 20.8 Å². The predicted molar refractivity (Wildman–Crippen MR) is 95.6 cm³/mol. The van der Waals surface area contributed by atoms with Gasteiger partial charge in [-0.2, -0.15) is 5.90 Å². The van der Waals surface area contributed by atoms with Crippen LogP contribution in [0.5, 0.6) is 0 Å². The fraction of sp³-hybridized carbons (Fsp3) is 0.600. The van der Waals surface area contributed by atoms with Crippen LogP contribution in [0.3, 0.4) is 0 Å². The second-order valence-electron chi connectivity index (χ2n) is 7.80. The standard InChI is InChI=1S/C20H29NO4/c1-20(2,3)24-18(22)17(19(23)25-21)13-14-9-11-16(12-10-14)15-7-5-4-6-8-15/h9-12,15,17H,4-8,13,21H2,1-3H3. The largest absolute Gasteiger partial charge is 0.459 e. The Bertz CT molecular complexity index is 583. The van der Waals surface area contributed by atoms with Crippen LogP contribution in [0.1, 0.15) is 69.9 Å². The number of rotatable bonds is 5. The molecule has 1 aromatic rings. The second kappa shape index (κ2) is 8.48. The second-order valence-corrected chi connectivity index (χ2v) is 7.80. The number of hydrogen-bond donors (Lipinski definition) is 1. The molecule has 0 aliphatic heterocycles. The summed E-state index contributed by atoms with van der Waals surface area (Å²) in [4.78, 5) is 28.5. The van der Waals surface area contributed by atoms with Crippen molar-refractivity contribution in [2.24, 2.45) is 11.8 Å². The monoisotopic (exact) mass is 347 g/mol. The Hall–Kier alpha value is -1.88. The molecule has 1 atom stereocenters. The molecular formula is C20H29NO4. The molecule has 0 heterocycles. The highest BCUT2D eigenvalue weighted by molar-refractivity contribution is 5.95. The fourth-order valence-electron chi connectivity index (χ4n) is 3.32. The van der Waals surface area contributed by atoms with Gasteiger partial charge in [-0.25, -0.2) is 4.79 Å². The minimum absolute atomic E-state index is 0.218. The van der Waals surface area contributed by atoms with Gasteiger partial charge in [0.2, 0.25) is 0 Å². The molecule has 0 amide bonds. The van der Waals surface area contributed by atoms with Crippen LogP contribution < -0.4 is 5.90 Å². The van der Waals surface area contributed by atoms with Gasteiger partial charge in [-0.15, -0.1) is 0 Å². The van der Waals surface area contributed by atoms with E-state index >= 15 is 0 Å². The Balaban J connectivity index is 2.07. The van der Waals surface area contributed by atoms with Gasteiger partial charge >= 0.3 is 11.9 Å². The molecule has 5 nitrogen and oxygen atoms in total. The van der Waals surface area contributed by atoms with Gasteiger partial charge in [-0.1, -0.05) is 43.5 Å². The van der Waals surface area contributed by atoms with Gasteiger partial charge in [0, 0.05) is 0 Å². The van der Waals surface area contributed by atoms with Crippen molar-refractivity contribution in [3.8, 4) is 0 Å². The van der Waals surface area contributed by atoms with E-state index in [4.69, 9.17) is 10.6 Å². The Labute approximate surface area is 149 Å². The van der Waals surface area contributed by atoms with Crippen molar-refractivity contribution in [1.82, 2.24) is 0 Å². The van der Waals surface area contributed by atoms with E-state index < -0.39 is 23.5 Å². The molecule has 0 bridgehead atoms. The lowest BCUT2D eigenvalue weighted by atomic mass is 9.83. The summed E-state index contributed by atoms with van der Waals surface area (Å²) < 4.78 is 5.32. The van der Waals surface area contributed by atoms with Crippen molar-refractivity contribution in [2.75, 3.05) is 0 Å². The van der Waals surface area contributed by atoms with Crippen molar-refractivity contribution in [1.29, 1.82) is 0 Å². The third-order valence-electron chi connectivity index (χ3n) is 4.59. The van der Waals surface area contributed by atoms with Crippen LogP contribution in [0.15, 0.2) is 24.3 Å². The number of carbonyl (C=O) groups excluding carboxylic acids is 2. The molecule has 0 spiro atoms. The number of benzene rings is 1. The number of ether oxygens (including phenoxy) is 1. The molecular weight excluding hydrogens is 318 g/mol. The minimum atomic E-state index is -1.05. The summed E-state index contributed by atoms with van der Waals surface area (Å²) in [7, 11) is 0. The normalized spacial score (nSPS) is 17.0. The van der Waals surface area contributed by atoms with Crippen LogP contribution in [0.4, 0.5) is 0 Å². The topological polar surface area (TPSA) is 78.6 Å². The highest BCUT2D eigenvalue weighted by Crippen LogP contribution is 2.32. The third-order valence-corrected chi connectivity index (χ3v) is 4.59. The van der Waals surface area contributed by atoms with Crippen molar-refractivity contribution in [3.05, 3.63) is 35.4 Å². The first-order valence-corrected chi connectivity index (χ1v) is 9.02. The summed E-state index contributed by atoms with van der Waals surface area (Å²) in [5.41, 5.74) is 1.55. The summed E-state index contributed by atoms with van der Waals surface area (Å²) in [6, 6.07) is 8.16. The first-order chi connectivity index (χ1) is 11.8. The molecule has 1 aliphatic rings.